The average molecular weight is 183 g/mol. The van der Waals surface area contributed by atoms with Gasteiger partial charge in [-0.2, -0.15) is 0 Å². The number of hydrogen-bond acceptors (Lipinski definition) is 3. The summed E-state index contributed by atoms with van der Waals surface area (Å²) in [6, 6.07) is 0. The minimum atomic E-state index is -0.121. The van der Waals surface area contributed by atoms with E-state index < -0.39 is 0 Å². The first-order valence-corrected chi connectivity index (χ1v) is 5.15. The molecule has 0 radical (unpaired) electrons. The summed E-state index contributed by atoms with van der Waals surface area (Å²) in [7, 11) is 0. The predicted octanol–water partition coefficient (Wildman–Crippen LogP) is 1.03. The van der Waals surface area contributed by atoms with Crippen LogP contribution in [-0.2, 0) is 9.53 Å². The molecule has 0 aromatic carbocycles. The number of hydrogen-bond donors (Lipinski definition) is 0. The minimum Gasteiger partial charge on any atom is -0.462 e. The maximum Gasteiger partial charge on any atom is 0.302 e. The SMILES string of the molecule is CC(=O)O[C@H]1CCN2CCC[C@@H]1C2. The molecule has 0 saturated carbocycles. The maximum atomic E-state index is 10.8. The second kappa shape index (κ2) is 3.66. The highest BCUT2D eigenvalue weighted by molar-refractivity contribution is 5.66. The van der Waals surface area contributed by atoms with E-state index >= 15 is 0 Å². The second-order valence-electron chi connectivity index (χ2n) is 4.14. The third-order valence-corrected chi connectivity index (χ3v) is 3.11. The first-order valence-electron chi connectivity index (χ1n) is 5.15. The molecule has 0 aromatic heterocycles. The molecule has 1 unspecified atom stereocenters. The van der Waals surface area contributed by atoms with Crippen molar-refractivity contribution in [2.45, 2.75) is 32.3 Å². The van der Waals surface area contributed by atoms with Gasteiger partial charge < -0.3 is 9.64 Å². The van der Waals surface area contributed by atoms with Gasteiger partial charge in [-0.25, -0.2) is 0 Å². The zero-order chi connectivity index (χ0) is 9.26. The van der Waals surface area contributed by atoms with Crippen LogP contribution < -0.4 is 0 Å². The smallest absolute Gasteiger partial charge is 0.302 e. The van der Waals surface area contributed by atoms with Crippen LogP contribution in [0, 0.1) is 5.92 Å². The fraction of sp³-hybridized carbons (Fsp3) is 0.900. The molecule has 2 heterocycles. The van der Waals surface area contributed by atoms with E-state index in [1.165, 1.54) is 26.3 Å². The van der Waals surface area contributed by atoms with Crippen LogP contribution >= 0.6 is 0 Å². The zero-order valence-corrected chi connectivity index (χ0v) is 8.16. The van der Waals surface area contributed by atoms with Crippen molar-refractivity contribution in [1.29, 1.82) is 0 Å². The summed E-state index contributed by atoms with van der Waals surface area (Å²) in [5.74, 6) is 0.482. The van der Waals surface area contributed by atoms with Gasteiger partial charge in [0, 0.05) is 25.9 Å². The molecule has 0 spiro atoms. The number of rotatable bonds is 1. The highest BCUT2D eigenvalue weighted by atomic mass is 16.5. The Morgan fingerprint density at radius 1 is 1.38 bits per heavy atom. The van der Waals surface area contributed by atoms with Crippen molar-refractivity contribution in [1.82, 2.24) is 4.90 Å². The van der Waals surface area contributed by atoms with Crippen molar-refractivity contribution in [2.24, 2.45) is 5.92 Å². The van der Waals surface area contributed by atoms with E-state index in [1.54, 1.807) is 0 Å². The lowest BCUT2D eigenvalue weighted by atomic mass is 9.87. The molecule has 3 heteroatoms. The van der Waals surface area contributed by atoms with Crippen molar-refractivity contribution in [3.63, 3.8) is 0 Å². The van der Waals surface area contributed by atoms with Crippen LogP contribution in [-0.4, -0.2) is 36.6 Å². The monoisotopic (exact) mass is 183 g/mol. The molecule has 2 saturated heterocycles. The predicted molar refractivity (Wildman–Crippen MR) is 49.3 cm³/mol. The molecule has 0 aromatic rings. The highest BCUT2D eigenvalue weighted by Gasteiger charge is 2.33. The molecule has 2 aliphatic rings. The van der Waals surface area contributed by atoms with E-state index in [9.17, 15) is 4.79 Å². The van der Waals surface area contributed by atoms with Gasteiger partial charge in [0.2, 0.25) is 0 Å². The molecule has 3 atom stereocenters. The average Bonchev–Trinajstić information content (AvgIpc) is 2.10. The summed E-state index contributed by atoms with van der Waals surface area (Å²) in [5.41, 5.74) is 0. The van der Waals surface area contributed by atoms with Gasteiger partial charge >= 0.3 is 5.97 Å². The molecular formula is C10H17NO2. The van der Waals surface area contributed by atoms with Crippen LogP contribution in [0.3, 0.4) is 0 Å². The number of fused-ring (bicyclic) bond motifs is 2. The summed E-state index contributed by atoms with van der Waals surface area (Å²) in [5, 5.41) is 0. The fourth-order valence-electron chi connectivity index (χ4n) is 2.51. The highest BCUT2D eigenvalue weighted by Crippen LogP contribution is 2.28. The van der Waals surface area contributed by atoms with Crippen LogP contribution in [0.25, 0.3) is 0 Å². The Balaban J connectivity index is 1.93. The van der Waals surface area contributed by atoms with Gasteiger partial charge in [-0.05, 0) is 25.8 Å². The molecule has 74 valence electrons. The molecule has 0 N–H and O–H groups in total. The molecule has 13 heavy (non-hydrogen) atoms. The van der Waals surface area contributed by atoms with E-state index in [2.05, 4.69) is 4.90 Å². The van der Waals surface area contributed by atoms with Crippen molar-refractivity contribution in [3.8, 4) is 0 Å². The summed E-state index contributed by atoms with van der Waals surface area (Å²) in [6.45, 7) is 4.99. The normalized spacial score (nSPS) is 38.4. The molecule has 0 amide bonds. The van der Waals surface area contributed by atoms with Crippen LogP contribution in [0.15, 0.2) is 0 Å². The van der Waals surface area contributed by atoms with Crippen molar-refractivity contribution < 1.29 is 9.53 Å². The van der Waals surface area contributed by atoms with E-state index in [-0.39, 0.29) is 12.1 Å². The Morgan fingerprint density at radius 3 is 3.00 bits per heavy atom. The van der Waals surface area contributed by atoms with Crippen molar-refractivity contribution in [2.75, 3.05) is 19.6 Å². The molecule has 2 bridgehead atoms. The Morgan fingerprint density at radius 2 is 2.23 bits per heavy atom. The summed E-state index contributed by atoms with van der Waals surface area (Å²) in [6.07, 6.45) is 3.73. The first kappa shape index (κ1) is 9.00. The van der Waals surface area contributed by atoms with Gasteiger partial charge in [0.1, 0.15) is 6.10 Å². The van der Waals surface area contributed by atoms with E-state index in [0.29, 0.717) is 5.92 Å². The number of carbonyl (C=O) groups is 1. The molecule has 0 aliphatic carbocycles. The Labute approximate surface area is 79.0 Å². The molecule has 3 nitrogen and oxygen atoms in total. The second-order valence-corrected chi connectivity index (χ2v) is 4.14. The molecule has 2 rings (SSSR count). The Hall–Kier alpha value is -0.570. The Kier molecular flexibility index (Phi) is 2.54. The van der Waals surface area contributed by atoms with Gasteiger partial charge in [-0.1, -0.05) is 0 Å². The van der Waals surface area contributed by atoms with Crippen molar-refractivity contribution in [3.05, 3.63) is 0 Å². The third kappa shape index (κ3) is 2.02. The number of esters is 1. The standard InChI is InChI=1S/C10H17NO2/c1-8(12)13-10-4-6-11-5-2-3-9(10)7-11/h9-10H,2-7H2,1H3/t9-,10+/m1/s1. The number of nitrogens with zero attached hydrogens (tertiary/aromatic N) is 1. The van der Waals surface area contributed by atoms with Crippen LogP contribution in [0.4, 0.5) is 0 Å². The molecule has 2 fully saturated rings. The minimum absolute atomic E-state index is 0.121. The van der Waals surface area contributed by atoms with Gasteiger partial charge in [-0.3, -0.25) is 4.79 Å². The molecule has 2 aliphatic heterocycles. The van der Waals surface area contributed by atoms with Gasteiger partial charge in [0.15, 0.2) is 0 Å². The Bertz CT molecular complexity index is 205. The zero-order valence-electron chi connectivity index (χ0n) is 8.16. The van der Waals surface area contributed by atoms with Crippen LogP contribution in [0.2, 0.25) is 0 Å². The number of carbonyl (C=O) groups excluding carboxylic acids is 1. The largest absolute Gasteiger partial charge is 0.462 e. The maximum absolute atomic E-state index is 10.8. The number of piperidine rings is 2. The topological polar surface area (TPSA) is 29.5 Å². The van der Waals surface area contributed by atoms with E-state index in [4.69, 9.17) is 4.74 Å². The third-order valence-electron chi connectivity index (χ3n) is 3.11. The van der Waals surface area contributed by atoms with Crippen molar-refractivity contribution >= 4 is 5.97 Å². The van der Waals surface area contributed by atoms with Gasteiger partial charge in [0.05, 0.1) is 0 Å². The number of ether oxygens (including phenoxy) is 1. The van der Waals surface area contributed by atoms with Crippen LogP contribution in [0.1, 0.15) is 26.2 Å². The summed E-state index contributed by atoms with van der Waals surface area (Å²) >= 11 is 0. The first-order chi connectivity index (χ1) is 6.25. The van der Waals surface area contributed by atoms with Crippen LogP contribution in [0.5, 0.6) is 0 Å². The quantitative estimate of drug-likeness (QED) is 0.569. The lowest BCUT2D eigenvalue weighted by molar-refractivity contribution is -0.153. The van der Waals surface area contributed by atoms with E-state index in [1.807, 2.05) is 0 Å². The fourth-order valence-corrected chi connectivity index (χ4v) is 2.51. The lowest BCUT2D eigenvalue weighted by Gasteiger charge is -2.41. The summed E-state index contributed by atoms with van der Waals surface area (Å²) in [4.78, 5) is 13.3. The molecular weight excluding hydrogens is 166 g/mol. The summed E-state index contributed by atoms with van der Waals surface area (Å²) < 4.78 is 5.31. The van der Waals surface area contributed by atoms with Gasteiger partial charge in [0.25, 0.3) is 0 Å². The van der Waals surface area contributed by atoms with Gasteiger partial charge in [-0.15, -0.1) is 0 Å². The van der Waals surface area contributed by atoms with E-state index in [0.717, 1.165) is 19.5 Å². The lowest BCUT2D eigenvalue weighted by Crippen LogP contribution is -2.48.